The molecule has 0 saturated carbocycles. The third kappa shape index (κ3) is 4.10. The van der Waals surface area contributed by atoms with Crippen molar-refractivity contribution in [3.8, 4) is 5.75 Å². The number of hydrogen-bond donors (Lipinski definition) is 1. The summed E-state index contributed by atoms with van der Waals surface area (Å²) in [5.41, 5.74) is 1.29. The van der Waals surface area contributed by atoms with Gasteiger partial charge in [-0.05, 0) is 55.0 Å². The fourth-order valence-corrected chi connectivity index (χ4v) is 4.20. The smallest absolute Gasteiger partial charge is 0.387 e. The lowest BCUT2D eigenvalue weighted by Gasteiger charge is -2.17. The first-order chi connectivity index (χ1) is 12.3. The number of carbonyl (C=O) groups excluding carboxylic acids is 1. The Kier molecular flexibility index (Phi) is 5.08. The van der Waals surface area contributed by atoms with E-state index in [1.54, 1.807) is 12.1 Å². The summed E-state index contributed by atoms with van der Waals surface area (Å²) < 4.78 is 53.6. The Hall–Kier alpha value is -2.68. The van der Waals surface area contributed by atoms with Crippen molar-refractivity contribution in [2.75, 3.05) is 21.9 Å². The number of nitrogens with zero attached hydrogens (tertiary/aromatic N) is 1. The third-order valence-electron chi connectivity index (χ3n) is 3.85. The Labute approximate surface area is 149 Å². The SMILES string of the molecule is O=C(Nc1ccc(OC(F)F)cc1)c1ccc(N2CCCS2(=O)=O)cc1. The molecule has 2 aromatic rings. The van der Waals surface area contributed by atoms with Crippen LogP contribution in [0.3, 0.4) is 0 Å². The number of sulfonamides is 1. The molecule has 0 spiro atoms. The number of hydrogen-bond acceptors (Lipinski definition) is 4. The molecule has 1 heterocycles. The summed E-state index contributed by atoms with van der Waals surface area (Å²) in [5.74, 6) is -0.280. The number of amides is 1. The van der Waals surface area contributed by atoms with Crippen LogP contribution in [-0.4, -0.2) is 33.2 Å². The predicted octanol–water partition coefficient (Wildman–Crippen LogP) is 3.08. The Morgan fingerprint density at radius 1 is 1.08 bits per heavy atom. The van der Waals surface area contributed by atoms with Gasteiger partial charge in [0, 0.05) is 17.8 Å². The van der Waals surface area contributed by atoms with E-state index in [0.717, 1.165) is 0 Å². The zero-order valence-corrected chi connectivity index (χ0v) is 14.4. The maximum Gasteiger partial charge on any atom is 0.387 e. The highest BCUT2D eigenvalue weighted by Gasteiger charge is 2.28. The maximum atomic E-state index is 12.2. The topological polar surface area (TPSA) is 75.7 Å². The molecule has 0 bridgehead atoms. The van der Waals surface area contributed by atoms with Crippen molar-refractivity contribution in [3.63, 3.8) is 0 Å². The summed E-state index contributed by atoms with van der Waals surface area (Å²) >= 11 is 0. The van der Waals surface area contributed by atoms with Gasteiger partial charge in [0.2, 0.25) is 10.0 Å². The lowest BCUT2D eigenvalue weighted by molar-refractivity contribution is -0.0498. The molecule has 138 valence electrons. The van der Waals surface area contributed by atoms with Gasteiger partial charge >= 0.3 is 6.61 Å². The van der Waals surface area contributed by atoms with Gasteiger partial charge in [-0.3, -0.25) is 9.10 Å². The van der Waals surface area contributed by atoms with Crippen LogP contribution in [0.4, 0.5) is 20.2 Å². The lowest BCUT2D eigenvalue weighted by atomic mass is 10.2. The van der Waals surface area contributed by atoms with Crippen LogP contribution in [0.25, 0.3) is 0 Å². The number of anilines is 2. The molecule has 6 nitrogen and oxygen atoms in total. The molecule has 0 radical (unpaired) electrons. The van der Waals surface area contributed by atoms with Crippen LogP contribution in [-0.2, 0) is 10.0 Å². The zero-order valence-electron chi connectivity index (χ0n) is 13.6. The maximum absolute atomic E-state index is 12.2. The molecule has 1 aliphatic rings. The van der Waals surface area contributed by atoms with Crippen LogP contribution < -0.4 is 14.4 Å². The van der Waals surface area contributed by atoms with Crippen molar-refractivity contribution in [2.24, 2.45) is 0 Å². The third-order valence-corrected chi connectivity index (χ3v) is 5.72. The van der Waals surface area contributed by atoms with Crippen molar-refractivity contribution in [1.82, 2.24) is 0 Å². The average molecular weight is 382 g/mol. The summed E-state index contributed by atoms with van der Waals surface area (Å²) in [6.07, 6.45) is 0.579. The van der Waals surface area contributed by atoms with Gasteiger partial charge in [0.15, 0.2) is 0 Å². The number of carbonyl (C=O) groups is 1. The number of benzene rings is 2. The fraction of sp³-hybridized carbons (Fsp3) is 0.235. The second-order valence-electron chi connectivity index (χ2n) is 5.65. The Bertz CT molecular complexity index is 884. The van der Waals surface area contributed by atoms with Gasteiger partial charge in [-0.25, -0.2) is 8.42 Å². The molecule has 0 atom stereocenters. The van der Waals surface area contributed by atoms with Crippen LogP contribution in [0.15, 0.2) is 48.5 Å². The molecule has 1 saturated heterocycles. The van der Waals surface area contributed by atoms with Crippen LogP contribution in [0.5, 0.6) is 5.75 Å². The van der Waals surface area contributed by atoms with E-state index in [9.17, 15) is 22.0 Å². The van der Waals surface area contributed by atoms with Gasteiger partial charge in [-0.1, -0.05) is 0 Å². The molecule has 26 heavy (non-hydrogen) atoms. The summed E-state index contributed by atoms with van der Waals surface area (Å²) in [5, 5.41) is 2.63. The minimum atomic E-state index is -3.27. The summed E-state index contributed by atoms with van der Waals surface area (Å²) in [4.78, 5) is 12.2. The van der Waals surface area contributed by atoms with Gasteiger partial charge in [0.05, 0.1) is 11.4 Å². The lowest BCUT2D eigenvalue weighted by Crippen LogP contribution is -2.25. The van der Waals surface area contributed by atoms with Crippen molar-refractivity contribution in [1.29, 1.82) is 0 Å². The summed E-state index contributed by atoms with van der Waals surface area (Å²) in [6, 6.07) is 11.8. The van der Waals surface area contributed by atoms with Crippen molar-refractivity contribution < 1.29 is 26.7 Å². The van der Waals surface area contributed by atoms with E-state index in [0.29, 0.717) is 29.9 Å². The largest absolute Gasteiger partial charge is 0.435 e. The molecule has 1 N–H and O–H groups in total. The predicted molar refractivity (Wildman–Crippen MR) is 93.2 cm³/mol. The number of ether oxygens (including phenoxy) is 1. The average Bonchev–Trinajstić information content (AvgIpc) is 2.95. The first kappa shape index (κ1) is 18.1. The number of nitrogens with one attached hydrogen (secondary N) is 1. The van der Waals surface area contributed by atoms with Gasteiger partial charge in [-0.2, -0.15) is 8.78 Å². The van der Waals surface area contributed by atoms with Crippen molar-refractivity contribution in [2.45, 2.75) is 13.0 Å². The minimum Gasteiger partial charge on any atom is -0.435 e. The van der Waals surface area contributed by atoms with Crippen LogP contribution in [0.2, 0.25) is 0 Å². The molecule has 9 heteroatoms. The molecular formula is C17H16F2N2O4S. The molecule has 0 unspecified atom stereocenters. The normalized spacial score (nSPS) is 15.9. The molecule has 3 rings (SSSR count). The standard InChI is InChI=1S/C17H16F2N2O4S/c18-17(19)25-15-8-4-13(5-9-15)20-16(22)12-2-6-14(7-3-12)21-10-1-11-26(21,23)24/h2-9,17H,1,10-11H2,(H,20,22). The van der Waals surface area contributed by atoms with E-state index in [2.05, 4.69) is 10.1 Å². The Morgan fingerprint density at radius 3 is 2.27 bits per heavy atom. The summed E-state index contributed by atoms with van der Waals surface area (Å²) in [6.45, 7) is -2.48. The Balaban J connectivity index is 1.67. The van der Waals surface area contributed by atoms with Gasteiger partial charge in [0.1, 0.15) is 5.75 Å². The van der Waals surface area contributed by atoms with Crippen LogP contribution >= 0.6 is 0 Å². The second kappa shape index (κ2) is 7.28. The van der Waals surface area contributed by atoms with E-state index in [-0.39, 0.29) is 11.5 Å². The van der Waals surface area contributed by atoms with E-state index in [1.165, 1.54) is 40.7 Å². The van der Waals surface area contributed by atoms with Crippen LogP contribution in [0, 0.1) is 0 Å². The van der Waals surface area contributed by atoms with Crippen LogP contribution in [0.1, 0.15) is 16.8 Å². The molecule has 2 aromatic carbocycles. The quantitative estimate of drug-likeness (QED) is 0.862. The van der Waals surface area contributed by atoms with Gasteiger partial charge in [-0.15, -0.1) is 0 Å². The second-order valence-corrected chi connectivity index (χ2v) is 7.66. The van der Waals surface area contributed by atoms with E-state index in [1.807, 2.05) is 0 Å². The van der Waals surface area contributed by atoms with Gasteiger partial charge in [0.25, 0.3) is 5.91 Å². The molecule has 0 aliphatic carbocycles. The highest BCUT2D eigenvalue weighted by Crippen LogP contribution is 2.24. The minimum absolute atomic E-state index is 0.00539. The van der Waals surface area contributed by atoms with Gasteiger partial charge < -0.3 is 10.1 Å². The zero-order chi connectivity index (χ0) is 18.7. The molecule has 1 amide bonds. The van der Waals surface area contributed by atoms with E-state index in [4.69, 9.17) is 0 Å². The molecule has 0 aromatic heterocycles. The molecule has 1 aliphatic heterocycles. The fourth-order valence-electron chi connectivity index (χ4n) is 2.63. The first-order valence-corrected chi connectivity index (χ1v) is 9.43. The highest BCUT2D eigenvalue weighted by atomic mass is 32.2. The highest BCUT2D eigenvalue weighted by molar-refractivity contribution is 7.93. The number of alkyl halides is 2. The Morgan fingerprint density at radius 2 is 1.73 bits per heavy atom. The monoisotopic (exact) mass is 382 g/mol. The van der Waals surface area contributed by atoms with Crippen molar-refractivity contribution in [3.05, 3.63) is 54.1 Å². The number of rotatable bonds is 5. The number of halogens is 2. The first-order valence-electron chi connectivity index (χ1n) is 7.82. The van der Waals surface area contributed by atoms with E-state index >= 15 is 0 Å². The molecule has 1 fully saturated rings. The molecular weight excluding hydrogens is 366 g/mol. The summed E-state index contributed by atoms with van der Waals surface area (Å²) in [7, 11) is -3.27. The van der Waals surface area contributed by atoms with Crippen molar-refractivity contribution >= 4 is 27.3 Å². The van der Waals surface area contributed by atoms with E-state index < -0.39 is 22.5 Å².